The van der Waals surface area contributed by atoms with Gasteiger partial charge in [0.05, 0.1) is 11.3 Å². The Bertz CT molecular complexity index is 772. The first-order valence-corrected chi connectivity index (χ1v) is 10.8. The zero-order chi connectivity index (χ0) is 18.4. The van der Waals surface area contributed by atoms with Crippen LogP contribution < -0.4 is 5.32 Å². The van der Waals surface area contributed by atoms with E-state index >= 15 is 0 Å². The van der Waals surface area contributed by atoms with E-state index in [4.69, 9.17) is 0 Å². The predicted octanol–water partition coefficient (Wildman–Crippen LogP) is 4.38. The van der Waals surface area contributed by atoms with Crippen LogP contribution in [0.1, 0.15) is 23.2 Å². The predicted molar refractivity (Wildman–Crippen MR) is 109 cm³/mol. The molecule has 3 rings (SSSR count). The molecule has 26 heavy (non-hydrogen) atoms. The van der Waals surface area contributed by atoms with Crippen LogP contribution >= 0.6 is 23.5 Å². The molecule has 1 aliphatic heterocycles. The summed E-state index contributed by atoms with van der Waals surface area (Å²) in [5, 5.41) is 2.94. The molecule has 0 spiro atoms. The number of benzene rings is 2. The van der Waals surface area contributed by atoms with E-state index < -0.39 is 0 Å². The van der Waals surface area contributed by atoms with Crippen molar-refractivity contribution in [1.82, 2.24) is 4.90 Å². The Morgan fingerprint density at radius 2 is 1.73 bits per heavy atom. The lowest BCUT2D eigenvalue weighted by molar-refractivity contribution is -0.127. The summed E-state index contributed by atoms with van der Waals surface area (Å²) in [6.07, 6.45) is 4.19. The Kier molecular flexibility index (Phi) is 6.63. The molecular weight excluding hydrogens is 364 g/mol. The van der Waals surface area contributed by atoms with Gasteiger partial charge in [-0.05, 0) is 55.5 Å². The van der Waals surface area contributed by atoms with Crippen LogP contribution in [0, 0.1) is 0 Å². The van der Waals surface area contributed by atoms with Crippen LogP contribution in [0.25, 0.3) is 0 Å². The van der Waals surface area contributed by atoms with Gasteiger partial charge in [0, 0.05) is 28.6 Å². The summed E-state index contributed by atoms with van der Waals surface area (Å²) in [6.45, 7) is 1.71. The molecule has 4 nitrogen and oxygen atoms in total. The molecule has 1 N–H and O–H groups in total. The molecule has 2 amide bonds. The fourth-order valence-corrected chi connectivity index (χ4v) is 4.21. The van der Waals surface area contributed by atoms with E-state index in [1.165, 1.54) is 11.8 Å². The number of carbonyl (C=O) groups excluding carboxylic acids is 2. The highest BCUT2D eigenvalue weighted by molar-refractivity contribution is 8.00. The smallest absolute Gasteiger partial charge is 0.256 e. The maximum Gasteiger partial charge on any atom is 0.256 e. The van der Waals surface area contributed by atoms with E-state index in [1.54, 1.807) is 17.8 Å². The number of amides is 2. The molecule has 0 bridgehead atoms. The van der Waals surface area contributed by atoms with Gasteiger partial charge in [-0.2, -0.15) is 0 Å². The van der Waals surface area contributed by atoms with Gasteiger partial charge in [0.1, 0.15) is 0 Å². The number of likely N-dealkylation sites (tertiary alicyclic amines) is 1. The van der Waals surface area contributed by atoms with Gasteiger partial charge < -0.3 is 10.2 Å². The van der Waals surface area contributed by atoms with Gasteiger partial charge in [0.15, 0.2) is 0 Å². The molecular formula is C20H22N2O2S2. The molecule has 2 aromatic rings. The maximum absolute atomic E-state index is 12.7. The summed E-state index contributed by atoms with van der Waals surface area (Å²) in [7, 11) is 0. The number of nitrogens with one attached hydrogen (secondary N) is 1. The zero-order valence-electron chi connectivity index (χ0n) is 14.7. The molecule has 0 aliphatic carbocycles. The van der Waals surface area contributed by atoms with Crippen LogP contribution in [0.15, 0.2) is 58.3 Å². The van der Waals surface area contributed by atoms with Crippen molar-refractivity contribution in [2.45, 2.75) is 22.6 Å². The Hall–Kier alpha value is -1.92. The third-order valence-electron chi connectivity index (χ3n) is 4.29. The normalized spacial score (nSPS) is 13.7. The van der Waals surface area contributed by atoms with E-state index in [1.807, 2.05) is 53.6 Å². The second-order valence-electron chi connectivity index (χ2n) is 6.06. The topological polar surface area (TPSA) is 49.4 Å². The van der Waals surface area contributed by atoms with Crippen molar-refractivity contribution in [3.8, 4) is 0 Å². The van der Waals surface area contributed by atoms with Crippen molar-refractivity contribution in [2.75, 3.05) is 30.4 Å². The summed E-state index contributed by atoms with van der Waals surface area (Å²) in [5.41, 5.74) is 1.36. The molecule has 0 atom stereocenters. The number of nitrogens with zero attached hydrogens (tertiary/aromatic N) is 1. The molecule has 2 aromatic carbocycles. The highest BCUT2D eigenvalue weighted by atomic mass is 32.2. The Labute approximate surface area is 162 Å². The first-order valence-electron chi connectivity index (χ1n) is 8.62. The van der Waals surface area contributed by atoms with Crippen LogP contribution in [0.2, 0.25) is 0 Å². The van der Waals surface area contributed by atoms with Gasteiger partial charge in [0.2, 0.25) is 5.91 Å². The second-order valence-corrected chi connectivity index (χ2v) is 7.95. The molecule has 1 aliphatic rings. The van der Waals surface area contributed by atoms with Gasteiger partial charge in [-0.3, -0.25) is 9.59 Å². The summed E-state index contributed by atoms with van der Waals surface area (Å²) in [5.74, 6) is 0.362. The van der Waals surface area contributed by atoms with Crippen LogP contribution in [0.5, 0.6) is 0 Å². The fourth-order valence-electron chi connectivity index (χ4n) is 2.85. The van der Waals surface area contributed by atoms with E-state index in [9.17, 15) is 9.59 Å². The quantitative estimate of drug-likeness (QED) is 0.749. The minimum absolute atomic E-state index is 0.148. The van der Waals surface area contributed by atoms with Crippen LogP contribution in [0.4, 0.5) is 5.69 Å². The van der Waals surface area contributed by atoms with E-state index in [2.05, 4.69) is 5.32 Å². The Morgan fingerprint density at radius 3 is 2.42 bits per heavy atom. The van der Waals surface area contributed by atoms with Crippen LogP contribution in [0.3, 0.4) is 0 Å². The maximum atomic E-state index is 12.7. The van der Waals surface area contributed by atoms with Gasteiger partial charge in [-0.15, -0.1) is 23.5 Å². The minimum Gasteiger partial charge on any atom is -0.342 e. The molecule has 6 heteroatoms. The Morgan fingerprint density at radius 1 is 1.04 bits per heavy atom. The molecule has 136 valence electrons. The highest BCUT2D eigenvalue weighted by Crippen LogP contribution is 2.25. The zero-order valence-corrected chi connectivity index (χ0v) is 16.4. The third kappa shape index (κ3) is 4.83. The molecule has 1 saturated heterocycles. The first-order chi connectivity index (χ1) is 12.7. The SMILES string of the molecule is CSc1ccc(NC(=O)c2ccccc2SCC(=O)N2CCCC2)cc1. The van der Waals surface area contributed by atoms with Gasteiger partial charge in [-0.25, -0.2) is 0 Å². The Balaban J connectivity index is 1.65. The molecule has 1 fully saturated rings. The van der Waals surface area contributed by atoms with Gasteiger partial charge in [-0.1, -0.05) is 12.1 Å². The van der Waals surface area contributed by atoms with Gasteiger partial charge >= 0.3 is 0 Å². The molecule has 0 aromatic heterocycles. The summed E-state index contributed by atoms with van der Waals surface area (Å²) >= 11 is 3.09. The average molecular weight is 387 g/mol. The van der Waals surface area contributed by atoms with Crippen molar-refractivity contribution in [2.24, 2.45) is 0 Å². The largest absolute Gasteiger partial charge is 0.342 e. The number of carbonyl (C=O) groups is 2. The lowest BCUT2D eigenvalue weighted by atomic mass is 10.2. The summed E-state index contributed by atoms with van der Waals surface area (Å²) in [6, 6.07) is 15.2. The van der Waals surface area contributed by atoms with E-state index in [0.717, 1.165) is 41.4 Å². The van der Waals surface area contributed by atoms with Crippen LogP contribution in [-0.2, 0) is 4.79 Å². The number of thioether (sulfide) groups is 2. The summed E-state index contributed by atoms with van der Waals surface area (Å²) < 4.78 is 0. The average Bonchev–Trinajstić information content (AvgIpc) is 3.22. The van der Waals surface area contributed by atoms with Gasteiger partial charge in [0.25, 0.3) is 5.91 Å². The van der Waals surface area contributed by atoms with Crippen molar-refractivity contribution in [3.63, 3.8) is 0 Å². The lowest BCUT2D eigenvalue weighted by Crippen LogP contribution is -2.29. The van der Waals surface area contributed by atoms with Crippen molar-refractivity contribution in [3.05, 3.63) is 54.1 Å². The van der Waals surface area contributed by atoms with Crippen molar-refractivity contribution < 1.29 is 9.59 Å². The molecule has 1 heterocycles. The lowest BCUT2D eigenvalue weighted by Gasteiger charge is -2.15. The number of hydrogen-bond acceptors (Lipinski definition) is 4. The number of anilines is 1. The van der Waals surface area contributed by atoms with Crippen LogP contribution in [-0.4, -0.2) is 41.8 Å². The van der Waals surface area contributed by atoms with E-state index in [-0.39, 0.29) is 11.8 Å². The first kappa shape index (κ1) is 18.9. The molecule has 0 radical (unpaired) electrons. The summed E-state index contributed by atoms with van der Waals surface area (Å²) in [4.78, 5) is 28.8. The molecule has 0 unspecified atom stereocenters. The van der Waals surface area contributed by atoms with E-state index in [0.29, 0.717) is 11.3 Å². The van der Waals surface area contributed by atoms with Crippen molar-refractivity contribution in [1.29, 1.82) is 0 Å². The second kappa shape index (κ2) is 9.14. The standard InChI is InChI=1S/C20H22N2O2S2/c1-25-16-10-8-15(9-11-16)21-20(24)17-6-2-3-7-18(17)26-14-19(23)22-12-4-5-13-22/h2-3,6-11H,4-5,12-14H2,1H3,(H,21,24). The number of rotatable bonds is 6. The third-order valence-corrected chi connectivity index (χ3v) is 6.09. The highest BCUT2D eigenvalue weighted by Gasteiger charge is 2.19. The molecule has 0 saturated carbocycles. The monoisotopic (exact) mass is 386 g/mol. The van der Waals surface area contributed by atoms with Crippen molar-refractivity contribution >= 4 is 41.0 Å². The fraction of sp³-hybridized carbons (Fsp3) is 0.300. The number of hydrogen-bond donors (Lipinski definition) is 1. The minimum atomic E-state index is -0.154.